The van der Waals surface area contributed by atoms with Crippen molar-refractivity contribution < 1.29 is 9.32 Å². The quantitative estimate of drug-likeness (QED) is 0.431. The molecule has 1 N–H and O–H groups in total. The summed E-state index contributed by atoms with van der Waals surface area (Å²) in [5, 5.41) is 9.20. The van der Waals surface area contributed by atoms with Gasteiger partial charge in [0.2, 0.25) is 17.6 Å². The van der Waals surface area contributed by atoms with Crippen LogP contribution < -0.4 is 5.32 Å². The number of hydrogen-bond donors (Lipinski definition) is 1. The standard InChI is InChI=1S/C24H26N6O2S/c31-24(26-14-18-3-1-4-19(13-18)15-30-11-8-25-17-30)20-6-9-29(10-7-20)16-22-27-23(28-32-22)21-5-2-12-33-21/h1-5,8,11-13,17,20H,6-7,9-10,14-16H2,(H,26,31). The van der Waals surface area contributed by atoms with E-state index in [-0.39, 0.29) is 11.8 Å². The lowest BCUT2D eigenvalue weighted by molar-refractivity contribution is -0.126. The molecule has 1 aliphatic rings. The van der Waals surface area contributed by atoms with Crippen molar-refractivity contribution in [2.45, 2.75) is 32.5 Å². The van der Waals surface area contributed by atoms with E-state index in [1.165, 1.54) is 5.56 Å². The zero-order valence-electron chi connectivity index (χ0n) is 18.3. The minimum atomic E-state index is 0.0414. The molecule has 0 saturated carbocycles. The fourth-order valence-corrected chi connectivity index (χ4v) is 4.78. The number of thiophene rings is 1. The number of aromatic nitrogens is 4. The van der Waals surface area contributed by atoms with E-state index in [9.17, 15) is 4.79 Å². The molecular weight excluding hydrogens is 436 g/mol. The monoisotopic (exact) mass is 462 g/mol. The average Bonchev–Trinajstić information content (AvgIpc) is 3.61. The zero-order valence-corrected chi connectivity index (χ0v) is 19.1. The fourth-order valence-electron chi connectivity index (χ4n) is 4.13. The molecule has 1 amide bonds. The van der Waals surface area contributed by atoms with Crippen LogP contribution in [0.3, 0.4) is 0 Å². The molecule has 0 bridgehead atoms. The van der Waals surface area contributed by atoms with E-state index >= 15 is 0 Å². The Morgan fingerprint density at radius 1 is 1.15 bits per heavy atom. The van der Waals surface area contributed by atoms with E-state index in [4.69, 9.17) is 4.52 Å². The van der Waals surface area contributed by atoms with Crippen LogP contribution in [0.1, 0.15) is 29.9 Å². The van der Waals surface area contributed by atoms with Crippen LogP contribution in [0.25, 0.3) is 10.7 Å². The third-order valence-electron chi connectivity index (χ3n) is 5.91. The summed E-state index contributed by atoms with van der Waals surface area (Å²) in [5.41, 5.74) is 2.30. The first-order valence-corrected chi connectivity index (χ1v) is 12.0. The van der Waals surface area contributed by atoms with Crippen molar-refractivity contribution in [3.8, 4) is 10.7 Å². The number of carbonyl (C=O) groups excluding carboxylic acids is 1. The SMILES string of the molecule is O=C(NCc1cccc(Cn2ccnc2)c1)C1CCN(Cc2nc(-c3cccs3)no2)CC1. The average molecular weight is 463 g/mol. The number of piperidine rings is 1. The van der Waals surface area contributed by atoms with Gasteiger partial charge in [-0.2, -0.15) is 4.98 Å². The number of carbonyl (C=O) groups is 1. The second-order valence-electron chi connectivity index (χ2n) is 8.31. The van der Waals surface area contributed by atoms with Gasteiger partial charge in [0.05, 0.1) is 17.7 Å². The molecule has 0 atom stereocenters. The van der Waals surface area contributed by atoms with E-state index in [0.717, 1.165) is 42.9 Å². The van der Waals surface area contributed by atoms with Crippen LogP contribution in [0.5, 0.6) is 0 Å². The van der Waals surface area contributed by atoms with Crippen LogP contribution in [0.15, 0.2) is 65.0 Å². The van der Waals surface area contributed by atoms with Gasteiger partial charge in [0.1, 0.15) is 0 Å². The van der Waals surface area contributed by atoms with E-state index in [2.05, 4.69) is 43.5 Å². The smallest absolute Gasteiger partial charge is 0.241 e. The van der Waals surface area contributed by atoms with Crippen molar-refractivity contribution in [1.29, 1.82) is 0 Å². The van der Waals surface area contributed by atoms with Crippen LogP contribution in [-0.4, -0.2) is 43.6 Å². The number of benzene rings is 1. The van der Waals surface area contributed by atoms with Crippen molar-refractivity contribution in [3.05, 3.63) is 77.5 Å². The van der Waals surface area contributed by atoms with E-state index in [1.54, 1.807) is 17.5 Å². The molecule has 1 saturated heterocycles. The molecule has 1 fully saturated rings. The third kappa shape index (κ3) is 5.55. The van der Waals surface area contributed by atoms with E-state index in [0.29, 0.717) is 24.8 Å². The molecule has 170 valence electrons. The number of rotatable bonds is 8. The van der Waals surface area contributed by atoms with Crippen molar-refractivity contribution in [3.63, 3.8) is 0 Å². The van der Waals surface area contributed by atoms with Crippen molar-refractivity contribution in [1.82, 2.24) is 29.9 Å². The molecule has 1 aliphatic heterocycles. The number of likely N-dealkylation sites (tertiary alicyclic amines) is 1. The summed E-state index contributed by atoms with van der Waals surface area (Å²) >= 11 is 1.60. The van der Waals surface area contributed by atoms with Crippen molar-refractivity contribution in [2.24, 2.45) is 5.92 Å². The summed E-state index contributed by atoms with van der Waals surface area (Å²) in [7, 11) is 0. The minimum Gasteiger partial charge on any atom is -0.352 e. The van der Waals surface area contributed by atoms with Crippen LogP contribution in [0, 0.1) is 5.92 Å². The van der Waals surface area contributed by atoms with Gasteiger partial charge < -0.3 is 14.4 Å². The van der Waals surface area contributed by atoms with Gasteiger partial charge in [-0.1, -0.05) is 35.5 Å². The summed E-state index contributed by atoms with van der Waals surface area (Å²) in [4.78, 5) is 24.6. The van der Waals surface area contributed by atoms with Gasteiger partial charge in [0.15, 0.2) is 0 Å². The molecule has 33 heavy (non-hydrogen) atoms. The molecular formula is C24H26N6O2S. The third-order valence-corrected chi connectivity index (χ3v) is 6.78. The summed E-state index contributed by atoms with van der Waals surface area (Å²) in [5.74, 6) is 1.44. The van der Waals surface area contributed by atoms with Gasteiger partial charge in [0, 0.05) is 31.4 Å². The Morgan fingerprint density at radius 3 is 2.82 bits per heavy atom. The van der Waals surface area contributed by atoms with Crippen LogP contribution in [0.4, 0.5) is 0 Å². The predicted octanol–water partition coefficient (Wildman–Crippen LogP) is 3.57. The van der Waals surface area contributed by atoms with E-state index in [1.807, 2.05) is 40.7 Å². The predicted molar refractivity (Wildman–Crippen MR) is 125 cm³/mol. The highest BCUT2D eigenvalue weighted by Gasteiger charge is 2.26. The lowest BCUT2D eigenvalue weighted by Gasteiger charge is -2.30. The molecule has 5 rings (SSSR count). The molecule has 0 unspecified atom stereocenters. The maximum Gasteiger partial charge on any atom is 0.241 e. The number of imidazole rings is 1. The largest absolute Gasteiger partial charge is 0.352 e. The summed E-state index contributed by atoms with van der Waals surface area (Å²) in [6.45, 7) is 3.63. The maximum absolute atomic E-state index is 12.7. The highest BCUT2D eigenvalue weighted by atomic mass is 32.1. The molecule has 0 spiro atoms. The fraction of sp³-hybridized carbons (Fsp3) is 0.333. The second-order valence-corrected chi connectivity index (χ2v) is 9.26. The van der Waals surface area contributed by atoms with Gasteiger partial charge in [-0.05, 0) is 48.5 Å². The van der Waals surface area contributed by atoms with Gasteiger partial charge in [-0.15, -0.1) is 11.3 Å². The second kappa shape index (κ2) is 10.1. The first kappa shape index (κ1) is 21.5. The van der Waals surface area contributed by atoms with Gasteiger partial charge in [0.25, 0.3) is 0 Å². The van der Waals surface area contributed by atoms with Crippen molar-refractivity contribution in [2.75, 3.05) is 13.1 Å². The summed E-state index contributed by atoms with van der Waals surface area (Å²) < 4.78 is 7.45. The Balaban J connectivity index is 1.07. The number of amides is 1. The Hall–Kier alpha value is -3.30. The highest BCUT2D eigenvalue weighted by Crippen LogP contribution is 2.23. The first-order chi connectivity index (χ1) is 16.2. The summed E-state index contributed by atoms with van der Waals surface area (Å²) in [6.07, 6.45) is 7.19. The molecule has 0 radical (unpaired) electrons. The van der Waals surface area contributed by atoms with Gasteiger partial charge in [-0.25, -0.2) is 4.98 Å². The normalized spacial score (nSPS) is 15.0. The Morgan fingerprint density at radius 2 is 2.03 bits per heavy atom. The van der Waals surface area contributed by atoms with Crippen LogP contribution in [0.2, 0.25) is 0 Å². The molecule has 9 heteroatoms. The van der Waals surface area contributed by atoms with Crippen molar-refractivity contribution >= 4 is 17.2 Å². The van der Waals surface area contributed by atoms with Gasteiger partial charge in [-0.3, -0.25) is 9.69 Å². The molecule has 4 aromatic rings. The molecule has 4 heterocycles. The molecule has 0 aliphatic carbocycles. The Kier molecular flexibility index (Phi) is 6.59. The summed E-state index contributed by atoms with van der Waals surface area (Å²) in [6, 6.07) is 12.3. The van der Waals surface area contributed by atoms with Gasteiger partial charge >= 0.3 is 0 Å². The number of hydrogen-bond acceptors (Lipinski definition) is 7. The Bertz CT molecular complexity index is 1160. The minimum absolute atomic E-state index is 0.0414. The zero-order chi connectivity index (χ0) is 22.5. The molecule has 8 nitrogen and oxygen atoms in total. The maximum atomic E-state index is 12.7. The Labute approximate surface area is 196 Å². The van der Waals surface area contributed by atoms with E-state index < -0.39 is 0 Å². The lowest BCUT2D eigenvalue weighted by atomic mass is 9.96. The number of nitrogens with zero attached hydrogens (tertiary/aromatic N) is 5. The molecule has 1 aromatic carbocycles. The number of nitrogens with one attached hydrogen (secondary N) is 1. The highest BCUT2D eigenvalue weighted by molar-refractivity contribution is 7.13. The lowest BCUT2D eigenvalue weighted by Crippen LogP contribution is -2.40. The topological polar surface area (TPSA) is 89.1 Å². The first-order valence-electron chi connectivity index (χ1n) is 11.1. The molecule has 3 aromatic heterocycles. The van der Waals surface area contributed by atoms with Crippen LogP contribution in [-0.2, 0) is 24.4 Å². The van der Waals surface area contributed by atoms with Crippen LogP contribution >= 0.6 is 11.3 Å².